The lowest BCUT2D eigenvalue weighted by Crippen LogP contribution is -2.26. The Bertz CT molecular complexity index is 887. The summed E-state index contributed by atoms with van der Waals surface area (Å²) in [5.41, 5.74) is 2.37. The first-order valence-corrected chi connectivity index (χ1v) is 8.59. The maximum Gasteiger partial charge on any atom is 0.302 e. The number of methoxy groups -OCH3 is 2. The molecule has 140 valence electrons. The summed E-state index contributed by atoms with van der Waals surface area (Å²) in [4.78, 5) is 11.7. The van der Waals surface area contributed by atoms with E-state index in [0.29, 0.717) is 29.2 Å². The molecular formula is C21H21NO5. The Labute approximate surface area is 158 Å². The highest BCUT2D eigenvalue weighted by Crippen LogP contribution is 2.38. The van der Waals surface area contributed by atoms with Gasteiger partial charge in [0.15, 0.2) is 11.5 Å². The average molecular weight is 367 g/mol. The van der Waals surface area contributed by atoms with Gasteiger partial charge in [0.25, 0.3) is 0 Å². The van der Waals surface area contributed by atoms with Crippen molar-refractivity contribution in [3.63, 3.8) is 0 Å². The number of fused-ring (bicyclic) bond motifs is 2. The molecule has 27 heavy (non-hydrogen) atoms. The van der Waals surface area contributed by atoms with Gasteiger partial charge in [0.05, 0.1) is 20.3 Å². The zero-order chi connectivity index (χ0) is 19.4. The predicted molar refractivity (Wildman–Crippen MR) is 97.9 cm³/mol. The van der Waals surface area contributed by atoms with Crippen LogP contribution in [0.5, 0.6) is 17.2 Å². The van der Waals surface area contributed by atoms with Crippen molar-refractivity contribution in [1.29, 1.82) is 5.26 Å². The zero-order valence-electron chi connectivity index (χ0n) is 15.5. The Morgan fingerprint density at radius 2 is 1.85 bits per heavy atom. The molecule has 0 saturated carbocycles. The van der Waals surface area contributed by atoms with E-state index in [1.165, 1.54) is 14.0 Å². The van der Waals surface area contributed by atoms with E-state index >= 15 is 0 Å². The van der Waals surface area contributed by atoms with Crippen LogP contribution in [0.4, 0.5) is 0 Å². The number of nitrogens with zero attached hydrogens (tertiary/aromatic N) is 1. The third-order valence-corrected chi connectivity index (χ3v) is 4.59. The van der Waals surface area contributed by atoms with Crippen molar-refractivity contribution in [3.8, 4) is 23.3 Å². The van der Waals surface area contributed by atoms with Crippen LogP contribution in [0, 0.1) is 11.3 Å². The third-order valence-electron chi connectivity index (χ3n) is 4.59. The van der Waals surface area contributed by atoms with Crippen LogP contribution in [0.3, 0.4) is 0 Å². The van der Waals surface area contributed by atoms with Crippen LogP contribution in [-0.4, -0.2) is 26.3 Å². The molecule has 1 aliphatic rings. The highest BCUT2D eigenvalue weighted by Gasteiger charge is 2.31. The number of esters is 1. The fourth-order valence-corrected chi connectivity index (χ4v) is 3.33. The molecule has 3 rings (SSSR count). The molecule has 0 aliphatic carbocycles. The lowest BCUT2D eigenvalue weighted by atomic mass is 9.87. The second kappa shape index (κ2) is 8.00. The highest BCUT2D eigenvalue weighted by molar-refractivity contribution is 5.66. The molecule has 0 N–H and O–H groups in total. The quantitative estimate of drug-likeness (QED) is 0.774. The van der Waals surface area contributed by atoms with Gasteiger partial charge in [0.1, 0.15) is 24.4 Å². The summed E-state index contributed by atoms with van der Waals surface area (Å²) >= 11 is 0. The number of carbonyl (C=O) groups is 1. The van der Waals surface area contributed by atoms with E-state index in [-0.39, 0.29) is 6.61 Å². The minimum absolute atomic E-state index is 0.262. The number of rotatable bonds is 3. The molecule has 0 fully saturated rings. The molecule has 2 atom stereocenters. The van der Waals surface area contributed by atoms with Crippen LogP contribution in [0.25, 0.3) is 0 Å². The van der Waals surface area contributed by atoms with E-state index in [1.807, 2.05) is 24.3 Å². The van der Waals surface area contributed by atoms with Crippen LogP contribution in [-0.2, 0) is 22.6 Å². The Hall–Kier alpha value is -3.20. The van der Waals surface area contributed by atoms with E-state index in [9.17, 15) is 10.1 Å². The Morgan fingerprint density at radius 3 is 2.52 bits per heavy atom. The molecule has 0 unspecified atom stereocenters. The molecule has 0 saturated heterocycles. The van der Waals surface area contributed by atoms with Crippen molar-refractivity contribution in [3.05, 3.63) is 53.1 Å². The standard InChI is InChI=1S/C21H21NO5/c1-13(23)27-19-8-14-6-4-5-7-18(14)26-12-15-9-20(24-2)21(25-3)10-16(15)17(19)11-22/h4-7,9-10,17,19H,8,12H2,1-3H3/t17-,19-/m1/s1. The summed E-state index contributed by atoms with van der Waals surface area (Å²) < 4.78 is 22.3. The average Bonchev–Trinajstić information content (AvgIpc) is 2.72. The lowest BCUT2D eigenvalue weighted by Gasteiger charge is -2.23. The topological polar surface area (TPSA) is 77.8 Å². The fraction of sp³-hybridized carbons (Fsp3) is 0.333. The first-order chi connectivity index (χ1) is 13.1. The molecule has 6 heteroatoms. The van der Waals surface area contributed by atoms with Gasteiger partial charge >= 0.3 is 5.97 Å². The Balaban J connectivity index is 2.17. The molecular weight excluding hydrogens is 346 g/mol. The zero-order valence-corrected chi connectivity index (χ0v) is 15.5. The van der Waals surface area contributed by atoms with Gasteiger partial charge in [-0.2, -0.15) is 5.26 Å². The number of carbonyl (C=O) groups excluding carboxylic acids is 1. The second-order valence-corrected chi connectivity index (χ2v) is 6.26. The van der Waals surface area contributed by atoms with Gasteiger partial charge in [0, 0.05) is 13.3 Å². The van der Waals surface area contributed by atoms with Crippen molar-refractivity contribution in [2.24, 2.45) is 0 Å². The third kappa shape index (κ3) is 3.82. The number of benzene rings is 2. The van der Waals surface area contributed by atoms with Crippen molar-refractivity contribution in [2.45, 2.75) is 32.0 Å². The number of hydrogen-bond acceptors (Lipinski definition) is 6. The highest BCUT2D eigenvalue weighted by atomic mass is 16.5. The van der Waals surface area contributed by atoms with E-state index in [0.717, 1.165) is 11.1 Å². The molecule has 0 bridgehead atoms. The molecule has 0 spiro atoms. The monoisotopic (exact) mass is 367 g/mol. The maximum atomic E-state index is 11.7. The van der Waals surface area contributed by atoms with Gasteiger partial charge in [-0.15, -0.1) is 0 Å². The Kier molecular flexibility index (Phi) is 5.51. The van der Waals surface area contributed by atoms with Crippen molar-refractivity contribution in [2.75, 3.05) is 14.2 Å². The SMILES string of the molecule is COc1cc2c(cc1OC)[C@@H](C#N)[C@H](OC(C)=O)Cc1ccccc1OC2. The number of hydrogen-bond donors (Lipinski definition) is 0. The normalized spacial score (nSPS) is 18.3. The number of para-hydroxylation sites is 1. The first-order valence-electron chi connectivity index (χ1n) is 8.59. The summed E-state index contributed by atoms with van der Waals surface area (Å²) in [5, 5.41) is 9.91. The summed E-state index contributed by atoms with van der Waals surface area (Å²) in [6.07, 6.45) is -0.269. The van der Waals surface area contributed by atoms with Gasteiger partial charge in [-0.1, -0.05) is 18.2 Å². The van der Waals surface area contributed by atoms with Gasteiger partial charge in [-0.05, 0) is 34.9 Å². The molecule has 2 aromatic rings. The first kappa shape index (κ1) is 18.6. The van der Waals surface area contributed by atoms with E-state index < -0.39 is 18.0 Å². The summed E-state index contributed by atoms with van der Waals surface area (Å²) in [6, 6.07) is 13.4. The van der Waals surface area contributed by atoms with Crippen LogP contribution < -0.4 is 14.2 Å². The molecule has 1 aliphatic heterocycles. The smallest absolute Gasteiger partial charge is 0.302 e. The minimum Gasteiger partial charge on any atom is -0.493 e. The number of ether oxygens (including phenoxy) is 4. The summed E-state index contributed by atoms with van der Waals surface area (Å²) in [7, 11) is 3.09. The molecule has 6 nitrogen and oxygen atoms in total. The lowest BCUT2D eigenvalue weighted by molar-refractivity contribution is -0.146. The minimum atomic E-state index is -0.668. The second-order valence-electron chi connectivity index (χ2n) is 6.26. The van der Waals surface area contributed by atoms with Crippen molar-refractivity contribution in [1.82, 2.24) is 0 Å². The van der Waals surface area contributed by atoms with E-state index in [1.54, 1.807) is 19.2 Å². The van der Waals surface area contributed by atoms with Gasteiger partial charge < -0.3 is 18.9 Å². The van der Waals surface area contributed by atoms with E-state index in [2.05, 4.69) is 6.07 Å². The maximum absolute atomic E-state index is 11.7. The molecule has 1 heterocycles. The molecule has 0 aromatic heterocycles. The Morgan fingerprint density at radius 1 is 1.15 bits per heavy atom. The van der Waals surface area contributed by atoms with Gasteiger partial charge in [-0.25, -0.2) is 0 Å². The van der Waals surface area contributed by atoms with E-state index in [4.69, 9.17) is 18.9 Å². The molecule has 0 radical (unpaired) electrons. The van der Waals surface area contributed by atoms with Crippen molar-refractivity contribution < 1.29 is 23.7 Å². The van der Waals surface area contributed by atoms with Crippen molar-refractivity contribution >= 4 is 5.97 Å². The number of nitriles is 1. The van der Waals surface area contributed by atoms with Gasteiger partial charge in [-0.3, -0.25) is 4.79 Å². The van der Waals surface area contributed by atoms with Crippen LogP contribution in [0.1, 0.15) is 29.5 Å². The fourth-order valence-electron chi connectivity index (χ4n) is 3.33. The van der Waals surface area contributed by atoms with Crippen LogP contribution >= 0.6 is 0 Å². The molecule has 2 aromatic carbocycles. The van der Waals surface area contributed by atoms with Gasteiger partial charge in [0.2, 0.25) is 0 Å². The summed E-state index contributed by atoms with van der Waals surface area (Å²) in [6.45, 7) is 1.61. The van der Waals surface area contributed by atoms with Crippen LogP contribution in [0.2, 0.25) is 0 Å². The molecule has 0 amide bonds. The predicted octanol–water partition coefficient (Wildman–Crippen LogP) is 3.38. The largest absolute Gasteiger partial charge is 0.493 e. The summed E-state index contributed by atoms with van der Waals surface area (Å²) in [5.74, 6) is 0.662. The van der Waals surface area contributed by atoms with Crippen LogP contribution in [0.15, 0.2) is 36.4 Å².